The minimum atomic E-state index is 0.782. The molecule has 0 N–H and O–H groups in total. The summed E-state index contributed by atoms with van der Waals surface area (Å²) >= 11 is 0. The van der Waals surface area contributed by atoms with Crippen LogP contribution in [0.3, 0.4) is 0 Å². The molecule has 23 heavy (non-hydrogen) atoms. The number of benzene rings is 2. The van der Waals surface area contributed by atoms with Gasteiger partial charge in [0.15, 0.2) is 5.82 Å². The maximum absolute atomic E-state index is 4.83. The highest BCUT2D eigenvalue weighted by atomic mass is 15.0. The summed E-state index contributed by atoms with van der Waals surface area (Å²) in [6, 6.07) is 18.3. The zero-order valence-corrected chi connectivity index (χ0v) is 12.6. The van der Waals surface area contributed by atoms with Crippen LogP contribution in [0.4, 0.5) is 0 Å². The first-order chi connectivity index (χ1) is 11.4. The molecule has 2 heterocycles. The lowest BCUT2D eigenvalue weighted by Gasteiger charge is -2.09. The first kappa shape index (κ1) is 13.6. The van der Waals surface area contributed by atoms with Gasteiger partial charge in [-0.2, -0.15) is 0 Å². The van der Waals surface area contributed by atoms with Crippen molar-refractivity contribution < 1.29 is 0 Å². The van der Waals surface area contributed by atoms with Crippen LogP contribution in [0.5, 0.6) is 0 Å². The number of fused-ring (bicyclic) bond motifs is 1. The molecule has 0 spiro atoms. The molecule has 4 nitrogen and oxygen atoms in total. The second kappa shape index (κ2) is 6.01. The Balaban J connectivity index is 1.77. The van der Waals surface area contributed by atoms with Crippen LogP contribution >= 0.6 is 0 Å². The first-order valence-electron chi connectivity index (χ1n) is 7.67. The number of hydrogen-bond donors (Lipinski definition) is 0. The molecule has 0 saturated heterocycles. The molecular weight excluding hydrogens is 284 g/mol. The Bertz CT molecular complexity index is 915. The lowest BCUT2D eigenvalue weighted by Crippen LogP contribution is -2.03. The Labute approximate surface area is 134 Å². The Kier molecular flexibility index (Phi) is 3.56. The van der Waals surface area contributed by atoms with E-state index in [9.17, 15) is 0 Å². The van der Waals surface area contributed by atoms with Crippen LogP contribution < -0.4 is 0 Å². The van der Waals surface area contributed by atoms with Crippen molar-refractivity contribution in [2.24, 2.45) is 0 Å². The number of para-hydroxylation sites is 1. The van der Waals surface area contributed by atoms with Gasteiger partial charge in [0.2, 0.25) is 0 Å². The van der Waals surface area contributed by atoms with Crippen LogP contribution in [0.1, 0.15) is 5.69 Å². The maximum atomic E-state index is 4.83. The fraction of sp³-hybridized carbons (Fsp3) is 0.105. The molecule has 0 fully saturated rings. The van der Waals surface area contributed by atoms with E-state index in [4.69, 9.17) is 9.97 Å². The second-order valence-corrected chi connectivity index (χ2v) is 5.43. The van der Waals surface area contributed by atoms with Crippen molar-refractivity contribution in [3.8, 4) is 11.4 Å². The molecule has 4 rings (SSSR count). The summed E-state index contributed by atoms with van der Waals surface area (Å²) in [5, 5.41) is 1.12. The van der Waals surface area contributed by atoms with E-state index in [-0.39, 0.29) is 0 Å². The predicted molar refractivity (Wildman–Crippen MR) is 90.9 cm³/mol. The van der Waals surface area contributed by atoms with Crippen LogP contribution in [0.25, 0.3) is 22.3 Å². The van der Waals surface area contributed by atoms with Gasteiger partial charge in [-0.3, -0.25) is 0 Å². The molecular formula is C19H16N4. The first-order valence-corrected chi connectivity index (χ1v) is 7.67. The van der Waals surface area contributed by atoms with Crippen molar-refractivity contribution >= 4 is 10.9 Å². The van der Waals surface area contributed by atoms with Crippen molar-refractivity contribution in [1.82, 2.24) is 19.5 Å². The lowest BCUT2D eigenvalue weighted by molar-refractivity contribution is 0.688. The van der Waals surface area contributed by atoms with Gasteiger partial charge >= 0.3 is 0 Å². The van der Waals surface area contributed by atoms with E-state index in [0.29, 0.717) is 0 Å². The molecule has 0 aliphatic rings. The van der Waals surface area contributed by atoms with Gasteiger partial charge in [0.05, 0.1) is 17.5 Å². The largest absolute Gasteiger partial charge is 0.337 e. The van der Waals surface area contributed by atoms with E-state index in [1.165, 1.54) is 0 Å². The van der Waals surface area contributed by atoms with Gasteiger partial charge in [0.25, 0.3) is 0 Å². The van der Waals surface area contributed by atoms with E-state index >= 15 is 0 Å². The molecule has 112 valence electrons. The summed E-state index contributed by atoms with van der Waals surface area (Å²) in [7, 11) is 0. The average Bonchev–Trinajstić information content (AvgIpc) is 3.14. The molecule has 0 atom stereocenters. The zero-order chi connectivity index (χ0) is 15.5. The Hall–Kier alpha value is -3.01. The fourth-order valence-electron chi connectivity index (χ4n) is 2.70. The molecule has 0 bridgehead atoms. The van der Waals surface area contributed by atoms with E-state index in [1.807, 2.05) is 61.1 Å². The normalized spacial score (nSPS) is 11.0. The Morgan fingerprint density at radius 2 is 1.70 bits per heavy atom. The van der Waals surface area contributed by atoms with Crippen LogP contribution in [-0.4, -0.2) is 19.5 Å². The van der Waals surface area contributed by atoms with Crippen molar-refractivity contribution in [2.75, 3.05) is 0 Å². The quantitative estimate of drug-likeness (QED) is 0.576. The number of imidazole rings is 1. The fourth-order valence-corrected chi connectivity index (χ4v) is 2.70. The molecule has 2 aromatic carbocycles. The number of nitrogens with zero attached hydrogens (tertiary/aromatic N) is 4. The van der Waals surface area contributed by atoms with Gasteiger partial charge in [0.1, 0.15) is 0 Å². The van der Waals surface area contributed by atoms with E-state index in [1.54, 1.807) is 6.20 Å². The monoisotopic (exact) mass is 300 g/mol. The van der Waals surface area contributed by atoms with Crippen LogP contribution in [0.15, 0.2) is 73.3 Å². The highest BCUT2D eigenvalue weighted by Crippen LogP contribution is 2.22. The number of aromatic nitrogens is 4. The molecule has 2 aromatic heterocycles. The van der Waals surface area contributed by atoms with Gasteiger partial charge in [-0.05, 0) is 6.07 Å². The summed E-state index contributed by atoms with van der Waals surface area (Å²) in [6.07, 6.45) is 6.45. The Morgan fingerprint density at radius 1 is 0.870 bits per heavy atom. The van der Waals surface area contributed by atoms with Crippen LogP contribution in [0.2, 0.25) is 0 Å². The van der Waals surface area contributed by atoms with Gasteiger partial charge in [-0.1, -0.05) is 48.5 Å². The summed E-state index contributed by atoms with van der Waals surface area (Å²) in [5.74, 6) is 0.782. The SMILES string of the molecule is c1ccc(-c2nc(CCn3ccnc3)c3ccccc3n2)cc1. The maximum Gasteiger partial charge on any atom is 0.160 e. The van der Waals surface area contributed by atoms with Crippen LogP contribution in [-0.2, 0) is 13.0 Å². The van der Waals surface area contributed by atoms with E-state index in [2.05, 4.69) is 15.6 Å². The van der Waals surface area contributed by atoms with E-state index in [0.717, 1.165) is 41.0 Å². The highest BCUT2D eigenvalue weighted by molar-refractivity contribution is 5.82. The van der Waals surface area contributed by atoms with Gasteiger partial charge in [0, 0.05) is 36.3 Å². The summed E-state index contributed by atoms with van der Waals surface area (Å²) in [6.45, 7) is 0.856. The van der Waals surface area contributed by atoms with Crippen molar-refractivity contribution in [1.29, 1.82) is 0 Å². The third-order valence-corrected chi connectivity index (χ3v) is 3.88. The molecule has 0 aliphatic carbocycles. The Morgan fingerprint density at radius 3 is 2.52 bits per heavy atom. The van der Waals surface area contributed by atoms with Crippen molar-refractivity contribution in [3.63, 3.8) is 0 Å². The third kappa shape index (κ3) is 2.83. The molecule has 0 saturated carbocycles. The molecule has 0 amide bonds. The van der Waals surface area contributed by atoms with Crippen molar-refractivity contribution in [3.05, 3.63) is 79.0 Å². The molecule has 0 unspecified atom stereocenters. The number of aryl methyl sites for hydroxylation is 2. The topological polar surface area (TPSA) is 43.6 Å². The van der Waals surface area contributed by atoms with Crippen LogP contribution in [0, 0.1) is 0 Å². The zero-order valence-electron chi connectivity index (χ0n) is 12.6. The molecule has 4 aromatic rings. The standard InChI is InChI=1S/C19H16N4/c1-2-6-15(7-3-1)19-21-17-9-5-4-8-16(17)18(22-19)10-12-23-13-11-20-14-23/h1-9,11,13-14H,10,12H2. The van der Waals surface area contributed by atoms with Crippen molar-refractivity contribution in [2.45, 2.75) is 13.0 Å². The molecule has 0 radical (unpaired) electrons. The number of rotatable bonds is 4. The minimum absolute atomic E-state index is 0.782. The lowest BCUT2D eigenvalue weighted by atomic mass is 10.1. The number of hydrogen-bond acceptors (Lipinski definition) is 3. The third-order valence-electron chi connectivity index (χ3n) is 3.88. The molecule has 0 aliphatic heterocycles. The smallest absolute Gasteiger partial charge is 0.160 e. The summed E-state index contributed by atoms with van der Waals surface area (Å²) in [4.78, 5) is 13.6. The second-order valence-electron chi connectivity index (χ2n) is 5.43. The van der Waals surface area contributed by atoms with Gasteiger partial charge in [-0.15, -0.1) is 0 Å². The van der Waals surface area contributed by atoms with E-state index < -0.39 is 0 Å². The predicted octanol–water partition coefficient (Wildman–Crippen LogP) is 3.74. The van der Waals surface area contributed by atoms with Gasteiger partial charge in [-0.25, -0.2) is 15.0 Å². The highest BCUT2D eigenvalue weighted by Gasteiger charge is 2.09. The minimum Gasteiger partial charge on any atom is -0.337 e. The average molecular weight is 300 g/mol. The van der Waals surface area contributed by atoms with Gasteiger partial charge < -0.3 is 4.57 Å². The summed E-state index contributed by atoms with van der Waals surface area (Å²) < 4.78 is 2.07. The summed E-state index contributed by atoms with van der Waals surface area (Å²) in [5.41, 5.74) is 3.10. The molecule has 4 heteroatoms.